The summed E-state index contributed by atoms with van der Waals surface area (Å²) in [5.74, 6) is 2.15. The third-order valence-electron chi connectivity index (χ3n) is 3.16. The van der Waals surface area contributed by atoms with E-state index < -0.39 is 0 Å². The SMILES string of the molecule is CC(C)(C)n1cnnc1SCc1cnc(-c2ccccc2)o1. The van der Waals surface area contributed by atoms with E-state index in [1.165, 1.54) is 0 Å². The van der Waals surface area contributed by atoms with Crippen molar-refractivity contribution in [1.82, 2.24) is 19.7 Å². The zero-order valence-corrected chi connectivity index (χ0v) is 13.7. The Balaban J connectivity index is 1.71. The zero-order valence-electron chi connectivity index (χ0n) is 12.9. The molecule has 1 aromatic carbocycles. The summed E-state index contributed by atoms with van der Waals surface area (Å²) in [4.78, 5) is 4.33. The first kappa shape index (κ1) is 14.8. The Morgan fingerprint density at radius 2 is 1.95 bits per heavy atom. The molecule has 0 radical (unpaired) electrons. The number of thioether (sulfide) groups is 1. The molecule has 114 valence electrons. The molecule has 0 aliphatic heterocycles. The molecule has 0 aliphatic rings. The second kappa shape index (κ2) is 5.96. The molecule has 0 unspecified atom stereocenters. The molecule has 2 aromatic heterocycles. The maximum atomic E-state index is 5.80. The minimum absolute atomic E-state index is 0.0392. The lowest BCUT2D eigenvalue weighted by molar-refractivity contribution is 0.367. The summed E-state index contributed by atoms with van der Waals surface area (Å²) in [7, 11) is 0. The van der Waals surface area contributed by atoms with Gasteiger partial charge in [-0.2, -0.15) is 0 Å². The van der Waals surface area contributed by atoms with Crippen molar-refractivity contribution in [2.24, 2.45) is 0 Å². The fourth-order valence-electron chi connectivity index (χ4n) is 2.01. The van der Waals surface area contributed by atoms with E-state index in [1.807, 2.05) is 30.3 Å². The first-order valence-corrected chi connectivity index (χ1v) is 8.06. The van der Waals surface area contributed by atoms with Gasteiger partial charge in [-0.3, -0.25) is 0 Å². The Kier molecular flexibility index (Phi) is 4.02. The van der Waals surface area contributed by atoms with Crippen molar-refractivity contribution in [3.63, 3.8) is 0 Å². The van der Waals surface area contributed by atoms with Gasteiger partial charge in [-0.25, -0.2) is 4.98 Å². The number of hydrogen-bond acceptors (Lipinski definition) is 5. The monoisotopic (exact) mass is 314 g/mol. The molecule has 6 heteroatoms. The smallest absolute Gasteiger partial charge is 0.226 e. The zero-order chi connectivity index (χ0) is 15.6. The average Bonchev–Trinajstić information content (AvgIpc) is 3.15. The van der Waals surface area contributed by atoms with Crippen LogP contribution >= 0.6 is 11.8 Å². The quantitative estimate of drug-likeness (QED) is 0.682. The molecule has 0 saturated carbocycles. The maximum Gasteiger partial charge on any atom is 0.226 e. The van der Waals surface area contributed by atoms with Crippen LogP contribution in [0.5, 0.6) is 0 Å². The van der Waals surface area contributed by atoms with Crippen molar-refractivity contribution >= 4 is 11.8 Å². The summed E-state index contributed by atoms with van der Waals surface area (Å²) < 4.78 is 7.87. The molecule has 0 amide bonds. The molecule has 2 heterocycles. The van der Waals surface area contributed by atoms with E-state index in [1.54, 1.807) is 24.3 Å². The van der Waals surface area contributed by atoms with Gasteiger partial charge in [-0.05, 0) is 32.9 Å². The Morgan fingerprint density at radius 1 is 1.18 bits per heavy atom. The number of oxazole rings is 1. The first-order valence-electron chi connectivity index (χ1n) is 7.07. The average molecular weight is 314 g/mol. The van der Waals surface area contributed by atoms with Crippen molar-refractivity contribution in [3.8, 4) is 11.5 Å². The normalized spacial score (nSPS) is 11.8. The van der Waals surface area contributed by atoms with E-state index in [-0.39, 0.29) is 5.54 Å². The summed E-state index contributed by atoms with van der Waals surface area (Å²) in [6.07, 6.45) is 3.53. The van der Waals surface area contributed by atoms with E-state index in [4.69, 9.17) is 4.42 Å². The van der Waals surface area contributed by atoms with Crippen LogP contribution in [-0.4, -0.2) is 19.7 Å². The van der Waals surface area contributed by atoms with Crippen LogP contribution in [0.4, 0.5) is 0 Å². The summed E-state index contributed by atoms with van der Waals surface area (Å²) in [6, 6.07) is 9.89. The predicted molar refractivity (Wildman–Crippen MR) is 86.5 cm³/mol. The highest BCUT2D eigenvalue weighted by atomic mass is 32.2. The van der Waals surface area contributed by atoms with Crippen LogP contribution < -0.4 is 0 Å². The van der Waals surface area contributed by atoms with Crippen molar-refractivity contribution in [2.75, 3.05) is 0 Å². The molecule has 5 nitrogen and oxygen atoms in total. The lowest BCUT2D eigenvalue weighted by atomic mass is 10.1. The molecule has 0 bridgehead atoms. The minimum atomic E-state index is -0.0392. The third kappa shape index (κ3) is 3.22. The van der Waals surface area contributed by atoms with Gasteiger partial charge in [-0.1, -0.05) is 30.0 Å². The highest BCUT2D eigenvalue weighted by molar-refractivity contribution is 7.98. The molecule has 0 atom stereocenters. The number of benzene rings is 1. The number of aromatic nitrogens is 4. The number of nitrogens with zero attached hydrogens (tertiary/aromatic N) is 4. The lowest BCUT2D eigenvalue weighted by Gasteiger charge is -2.21. The number of hydrogen-bond donors (Lipinski definition) is 0. The Hall–Kier alpha value is -2.08. The van der Waals surface area contributed by atoms with Gasteiger partial charge >= 0.3 is 0 Å². The van der Waals surface area contributed by atoms with Crippen LogP contribution in [0.1, 0.15) is 26.5 Å². The summed E-state index contributed by atoms with van der Waals surface area (Å²) in [5.41, 5.74) is 0.944. The van der Waals surface area contributed by atoms with Crippen molar-refractivity contribution in [3.05, 3.63) is 48.6 Å². The maximum absolute atomic E-state index is 5.80. The van der Waals surface area contributed by atoms with Crippen LogP contribution in [0.25, 0.3) is 11.5 Å². The van der Waals surface area contributed by atoms with E-state index in [0.717, 1.165) is 16.5 Å². The van der Waals surface area contributed by atoms with Crippen LogP contribution in [-0.2, 0) is 11.3 Å². The Labute approximate surface area is 133 Å². The van der Waals surface area contributed by atoms with Crippen LogP contribution in [0, 0.1) is 0 Å². The molecule has 0 spiro atoms. The van der Waals surface area contributed by atoms with Gasteiger partial charge in [0.1, 0.15) is 12.1 Å². The summed E-state index contributed by atoms with van der Waals surface area (Å²) in [6.45, 7) is 6.38. The fourth-order valence-corrected chi connectivity index (χ4v) is 2.98. The molecule has 22 heavy (non-hydrogen) atoms. The van der Waals surface area contributed by atoms with Gasteiger partial charge < -0.3 is 8.98 Å². The van der Waals surface area contributed by atoms with Crippen LogP contribution in [0.2, 0.25) is 0 Å². The molecule has 3 rings (SSSR count). The van der Waals surface area contributed by atoms with Gasteiger partial charge in [0.15, 0.2) is 5.16 Å². The summed E-state index contributed by atoms with van der Waals surface area (Å²) in [5, 5.41) is 9.06. The second-order valence-electron chi connectivity index (χ2n) is 5.94. The van der Waals surface area contributed by atoms with Crippen molar-refractivity contribution in [2.45, 2.75) is 37.2 Å². The van der Waals surface area contributed by atoms with Gasteiger partial charge in [-0.15, -0.1) is 10.2 Å². The van der Waals surface area contributed by atoms with E-state index in [0.29, 0.717) is 11.6 Å². The van der Waals surface area contributed by atoms with Crippen molar-refractivity contribution < 1.29 is 4.42 Å². The molecule has 0 N–H and O–H groups in total. The lowest BCUT2D eigenvalue weighted by Crippen LogP contribution is -2.21. The fraction of sp³-hybridized carbons (Fsp3) is 0.312. The highest BCUT2D eigenvalue weighted by Crippen LogP contribution is 2.27. The predicted octanol–water partition coefficient (Wildman–Crippen LogP) is 3.98. The summed E-state index contributed by atoms with van der Waals surface area (Å²) >= 11 is 1.60. The van der Waals surface area contributed by atoms with Gasteiger partial charge in [0, 0.05) is 11.1 Å². The molecule has 0 fully saturated rings. The van der Waals surface area contributed by atoms with Gasteiger partial charge in [0.05, 0.1) is 11.9 Å². The van der Waals surface area contributed by atoms with Crippen LogP contribution in [0.3, 0.4) is 0 Å². The van der Waals surface area contributed by atoms with E-state index >= 15 is 0 Å². The van der Waals surface area contributed by atoms with E-state index in [2.05, 4.69) is 40.5 Å². The Morgan fingerprint density at radius 3 is 2.68 bits per heavy atom. The molecule has 3 aromatic rings. The highest BCUT2D eigenvalue weighted by Gasteiger charge is 2.18. The first-order chi connectivity index (χ1) is 10.5. The molecule has 0 saturated heterocycles. The van der Waals surface area contributed by atoms with Crippen molar-refractivity contribution in [1.29, 1.82) is 0 Å². The molecular formula is C16H18N4OS. The topological polar surface area (TPSA) is 56.7 Å². The minimum Gasteiger partial charge on any atom is -0.440 e. The van der Waals surface area contributed by atoms with Crippen LogP contribution in [0.15, 0.2) is 52.4 Å². The van der Waals surface area contributed by atoms with E-state index in [9.17, 15) is 0 Å². The number of rotatable bonds is 4. The largest absolute Gasteiger partial charge is 0.440 e. The standard InChI is InChI=1S/C16H18N4OS/c1-16(2,3)20-11-18-19-15(20)22-10-13-9-17-14(21-13)12-7-5-4-6-8-12/h4-9,11H,10H2,1-3H3. The molecular weight excluding hydrogens is 296 g/mol. The van der Waals surface area contributed by atoms with Gasteiger partial charge in [0.2, 0.25) is 5.89 Å². The second-order valence-corrected chi connectivity index (χ2v) is 6.88. The molecule has 0 aliphatic carbocycles. The third-order valence-corrected chi connectivity index (χ3v) is 4.12. The Bertz CT molecular complexity index is 743. The van der Waals surface area contributed by atoms with Gasteiger partial charge in [0.25, 0.3) is 0 Å².